The molecule has 1 N–H and O–H groups in total. The summed E-state index contributed by atoms with van der Waals surface area (Å²) in [6.45, 7) is 0. The zero-order valence-electron chi connectivity index (χ0n) is 16.6. The van der Waals surface area contributed by atoms with Gasteiger partial charge in [-0.2, -0.15) is 0 Å². The zero-order chi connectivity index (χ0) is 22.7. The van der Waals surface area contributed by atoms with Crippen LogP contribution in [-0.2, 0) is 14.6 Å². The van der Waals surface area contributed by atoms with Gasteiger partial charge in [0.15, 0.2) is 0 Å². The molecule has 0 saturated carbocycles. The normalized spacial score (nSPS) is 11.3. The predicted octanol–water partition coefficient (Wildman–Crippen LogP) is 5.26. The largest absolute Gasteiger partial charge is 0.325 e. The Bertz CT molecular complexity index is 1350. The molecule has 0 bridgehead atoms. The smallest absolute Gasteiger partial charge is 0.240 e. The van der Waals surface area contributed by atoms with Crippen molar-refractivity contribution in [1.29, 1.82) is 0 Å². The number of sulfone groups is 1. The first kappa shape index (κ1) is 22.1. The van der Waals surface area contributed by atoms with Gasteiger partial charge < -0.3 is 5.32 Å². The number of carbonyl (C=O) groups excluding carboxylic acids is 1. The molecule has 162 valence electrons. The fourth-order valence-corrected chi connectivity index (χ4v) is 4.58. The first-order chi connectivity index (χ1) is 15.3. The number of nitrogens with zero attached hydrogens (tertiary/aromatic N) is 2. The Hall–Kier alpha value is -3.13. The van der Waals surface area contributed by atoms with Crippen LogP contribution in [0.4, 0.5) is 5.69 Å². The van der Waals surface area contributed by atoms with Crippen LogP contribution in [0.3, 0.4) is 0 Å². The van der Waals surface area contributed by atoms with Gasteiger partial charge in [0, 0.05) is 33.2 Å². The SMILES string of the molecule is O=C(CS(=O)(=O)c1nc(-c2ccccc2)cn1-c1ccc(Cl)cc1)Nc1ccc(Cl)cc1. The average Bonchev–Trinajstić information content (AvgIpc) is 3.23. The summed E-state index contributed by atoms with van der Waals surface area (Å²) in [7, 11) is -4.08. The van der Waals surface area contributed by atoms with E-state index in [0.29, 0.717) is 27.1 Å². The van der Waals surface area contributed by atoms with E-state index in [4.69, 9.17) is 23.2 Å². The van der Waals surface area contributed by atoms with Crippen molar-refractivity contribution >= 4 is 44.6 Å². The Morgan fingerprint density at radius 2 is 1.47 bits per heavy atom. The predicted molar refractivity (Wildman–Crippen MR) is 126 cm³/mol. The van der Waals surface area contributed by atoms with Crippen molar-refractivity contribution in [2.24, 2.45) is 0 Å². The third-order valence-electron chi connectivity index (χ3n) is 4.58. The van der Waals surface area contributed by atoms with E-state index >= 15 is 0 Å². The maximum absolute atomic E-state index is 13.2. The van der Waals surface area contributed by atoms with Crippen molar-refractivity contribution in [3.63, 3.8) is 0 Å². The van der Waals surface area contributed by atoms with E-state index in [1.807, 2.05) is 30.3 Å². The second-order valence-electron chi connectivity index (χ2n) is 6.94. The lowest BCUT2D eigenvalue weighted by atomic mass is 10.2. The molecule has 0 atom stereocenters. The highest BCUT2D eigenvalue weighted by Gasteiger charge is 2.27. The number of benzene rings is 3. The molecule has 6 nitrogen and oxygen atoms in total. The molecule has 9 heteroatoms. The molecule has 0 unspecified atom stereocenters. The molecule has 1 heterocycles. The summed E-state index contributed by atoms with van der Waals surface area (Å²) < 4.78 is 27.9. The number of nitrogens with one attached hydrogen (secondary N) is 1. The van der Waals surface area contributed by atoms with E-state index in [-0.39, 0.29) is 5.16 Å². The lowest BCUT2D eigenvalue weighted by molar-refractivity contribution is -0.113. The highest BCUT2D eigenvalue weighted by atomic mass is 35.5. The van der Waals surface area contributed by atoms with Gasteiger partial charge in [-0.15, -0.1) is 0 Å². The van der Waals surface area contributed by atoms with Gasteiger partial charge in [0.2, 0.25) is 20.9 Å². The maximum Gasteiger partial charge on any atom is 0.240 e. The van der Waals surface area contributed by atoms with Crippen LogP contribution in [0.25, 0.3) is 16.9 Å². The van der Waals surface area contributed by atoms with Gasteiger partial charge in [0.25, 0.3) is 0 Å². The molecule has 0 spiro atoms. The molecule has 0 aliphatic heterocycles. The number of amides is 1. The summed E-state index contributed by atoms with van der Waals surface area (Å²) in [5, 5.41) is 3.36. The Morgan fingerprint density at radius 3 is 2.09 bits per heavy atom. The molecule has 0 saturated heterocycles. The van der Waals surface area contributed by atoms with E-state index in [2.05, 4.69) is 10.3 Å². The monoisotopic (exact) mass is 485 g/mol. The second kappa shape index (κ2) is 9.16. The van der Waals surface area contributed by atoms with Gasteiger partial charge >= 0.3 is 0 Å². The van der Waals surface area contributed by atoms with Gasteiger partial charge in [-0.1, -0.05) is 53.5 Å². The van der Waals surface area contributed by atoms with Crippen molar-refractivity contribution in [1.82, 2.24) is 9.55 Å². The molecule has 0 radical (unpaired) electrons. The van der Waals surface area contributed by atoms with E-state index < -0.39 is 21.5 Å². The molecule has 3 aromatic carbocycles. The van der Waals surface area contributed by atoms with Crippen LogP contribution in [0, 0.1) is 0 Å². The number of rotatable bonds is 6. The van der Waals surface area contributed by atoms with E-state index in [1.54, 1.807) is 54.7 Å². The molecular formula is C23H17Cl2N3O3S. The molecule has 0 fully saturated rings. The maximum atomic E-state index is 13.2. The Kier molecular flexibility index (Phi) is 6.32. The third-order valence-corrected chi connectivity index (χ3v) is 6.57. The molecule has 4 rings (SSSR count). The standard InChI is InChI=1S/C23H17Cl2N3O3S/c24-17-6-10-19(11-7-17)26-22(29)15-32(30,31)23-27-21(16-4-2-1-3-5-16)14-28(23)20-12-8-18(25)9-13-20/h1-14H,15H2,(H,26,29). The minimum Gasteiger partial charge on any atom is -0.325 e. The number of hydrogen-bond acceptors (Lipinski definition) is 4. The topological polar surface area (TPSA) is 81.1 Å². The quantitative estimate of drug-likeness (QED) is 0.403. The Balaban J connectivity index is 1.69. The highest BCUT2D eigenvalue weighted by molar-refractivity contribution is 7.92. The molecule has 1 aromatic heterocycles. The second-order valence-corrected chi connectivity index (χ2v) is 9.69. The highest BCUT2D eigenvalue weighted by Crippen LogP contribution is 2.25. The number of anilines is 1. The zero-order valence-corrected chi connectivity index (χ0v) is 18.9. The summed E-state index contributed by atoms with van der Waals surface area (Å²) in [6.07, 6.45) is 1.63. The molecule has 0 aliphatic carbocycles. The van der Waals surface area contributed by atoms with E-state index in [9.17, 15) is 13.2 Å². The fraction of sp³-hybridized carbons (Fsp3) is 0.0435. The Labute approximate surface area is 195 Å². The van der Waals surface area contributed by atoms with E-state index in [0.717, 1.165) is 5.56 Å². The summed E-state index contributed by atoms with van der Waals surface area (Å²) >= 11 is 11.8. The van der Waals surface area contributed by atoms with E-state index in [1.165, 1.54) is 4.57 Å². The van der Waals surface area contributed by atoms with Crippen molar-refractivity contribution in [3.8, 4) is 16.9 Å². The van der Waals surface area contributed by atoms with Crippen LogP contribution in [0.15, 0.2) is 90.2 Å². The lowest BCUT2D eigenvalue weighted by Crippen LogP contribution is -2.25. The van der Waals surface area contributed by atoms with Gasteiger partial charge in [-0.05, 0) is 48.5 Å². The summed E-state index contributed by atoms with van der Waals surface area (Å²) in [6, 6.07) is 22.3. The number of imidazole rings is 1. The number of halogens is 2. The first-order valence-corrected chi connectivity index (χ1v) is 11.9. The minimum atomic E-state index is -4.08. The number of aromatic nitrogens is 2. The van der Waals surface area contributed by atoms with Gasteiger partial charge in [-0.3, -0.25) is 9.36 Å². The molecule has 1 amide bonds. The molecule has 0 aliphatic rings. The molecular weight excluding hydrogens is 469 g/mol. The van der Waals surface area contributed by atoms with Crippen LogP contribution in [0.1, 0.15) is 0 Å². The summed E-state index contributed by atoms with van der Waals surface area (Å²) in [5.74, 6) is -1.45. The summed E-state index contributed by atoms with van der Waals surface area (Å²) in [5.41, 5.74) is 2.22. The van der Waals surface area contributed by atoms with Gasteiger partial charge in [-0.25, -0.2) is 13.4 Å². The van der Waals surface area contributed by atoms with Crippen molar-refractivity contribution in [2.75, 3.05) is 11.1 Å². The van der Waals surface area contributed by atoms with Gasteiger partial charge in [0.1, 0.15) is 5.75 Å². The van der Waals surface area contributed by atoms with Gasteiger partial charge in [0.05, 0.1) is 5.69 Å². The number of carbonyl (C=O) groups is 1. The summed E-state index contributed by atoms with van der Waals surface area (Å²) in [4.78, 5) is 16.8. The average molecular weight is 486 g/mol. The Morgan fingerprint density at radius 1 is 0.875 bits per heavy atom. The van der Waals surface area contributed by atoms with Crippen LogP contribution < -0.4 is 5.32 Å². The van der Waals surface area contributed by atoms with Crippen LogP contribution in [0.5, 0.6) is 0 Å². The minimum absolute atomic E-state index is 0.232. The number of hydrogen-bond donors (Lipinski definition) is 1. The lowest BCUT2D eigenvalue weighted by Gasteiger charge is -2.09. The fourth-order valence-electron chi connectivity index (χ4n) is 3.08. The van der Waals surface area contributed by atoms with Crippen molar-refractivity contribution in [3.05, 3.63) is 95.1 Å². The van der Waals surface area contributed by atoms with Crippen LogP contribution >= 0.6 is 23.2 Å². The van der Waals surface area contributed by atoms with Crippen molar-refractivity contribution in [2.45, 2.75) is 5.16 Å². The molecule has 4 aromatic rings. The van der Waals surface area contributed by atoms with Crippen molar-refractivity contribution < 1.29 is 13.2 Å². The molecule has 32 heavy (non-hydrogen) atoms. The first-order valence-electron chi connectivity index (χ1n) is 9.51. The third kappa shape index (κ3) is 5.02. The van der Waals surface area contributed by atoms with Crippen LogP contribution in [0.2, 0.25) is 10.0 Å². The van der Waals surface area contributed by atoms with Crippen LogP contribution in [-0.4, -0.2) is 29.6 Å².